The van der Waals surface area contributed by atoms with E-state index >= 15 is 0 Å². The SMILES string of the molecule is CC(C)[Si](OC[C@@H]1OC(C)(C)O[C@H]1CCCCC[C@H](NC(=O)OCc1ccccc1)C(=O)O)(C(C)C)C(C)C. The first kappa shape index (κ1) is 33.3. The number of alkyl carbamates (subject to hydrolysis) is 1. The molecule has 0 spiro atoms. The molecule has 3 atom stereocenters. The zero-order chi connectivity index (χ0) is 29.2. The minimum atomic E-state index is -2.01. The van der Waals surface area contributed by atoms with Gasteiger partial charge in [0.2, 0.25) is 0 Å². The number of carboxylic acid groups (broad SMARTS) is 1. The van der Waals surface area contributed by atoms with Gasteiger partial charge in [0.15, 0.2) is 14.1 Å². The molecule has 0 aliphatic carbocycles. The number of rotatable bonds is 16. The Balaban J connectivity index is 1.82. The van der Waals surface area contributed by atoms with Crippen molar-refractivity contribution in [2.75, 3.05) is 6.61 Å². The van der Waals surface area contributed by atoms with E-state index in [0.29, 0.717) is 36.1 Å². The number of amides is 1. The molecular formula is C30H51NO7Si. The summed E-state index contributed by atoms with van der Waals surface area (Å²) in [5, 5.41) is 12.0. The van der Waals surface area contributed by atoms with Crippen LogP contribution >= 0.6 is 0 Å². The summed E-state index contributed by atoms with van der Waals surface area (Å²) in [4.78, 5) is 23.8. The summed E-state index contributed by atoms with van der Waals surface area (Å²) in [5.41, 5.74) is 2.34. The van der Waals surface area contributed by atoms with Crippen molar-refractivity contribution in [2.45, 2.75) is 135 Å². The highest BCUT2D eigenvalue weighted by atomic mass is 28.4. The van der Waals surface area contributed by atoms with E-state index < -0.39 is 32.2 Å². The number of carbonyl (C=O) groups excluding carboxylic acids is 1. The summed E-state index contributed by atoms with van der Waals surface area (Å²) >= 11 is 0. The molecule has 0 aromatic heterocycles. The molecule has 1 aliphatic heterocycles. The van der Waals surface area contributed by atoms with Crippen molar-refractivity contribution < 1.29 is 33.3 Å². The molecule has 0 bridgehead atoms. The van der Waals surface area contributed by atoms with Crippen LogP contribution in [0.25, 0.3) is 0 Å². The van der Waals surface area contributed by atoms with Crippen LogP contribution in [0.1, 0.15) is 93.1 Å². The molecule has 1 aliphatic rings. The van der Waals surface area contributed by atoms with Gasteiger partial charge in [0.25, 0.3) is 0 Å². The second-order valence-corrected chi connectivity index (χ2v) is 17.5. The van der Waals surface area contributed by atoms with Gasteiger partial charge in [0.1, 0.15) is 18.8 Å². The Hall–Kier alpha value is -1.94. The van der Waals surface area contributed by atoms with Crippen molar-refractivity contribution >= 4 is 20.4 Å². The molecule has 9 heteroatoms. The fraction of sp³-hybridized carbons (Fsp3) is 0.733. The highest BCUT2D eigenvalue weighted by molar-refractivity contribution is 6.77. The lowest BCUT2D eigenvalue weighted by Gasteiger charge is -2.42. The Bertz CT molecular complexity index is 869. The molecule has 1 aromatic rings. The fourth-order valence-corrected chi connectivity index (χ4v) is 11.5. The van der Waals surface area contributed by atoms with Crippen LogP contribution in [0, 0.1) is 0 Å². The summed E-state index contributed by atoms with van der Waals surface area (Å²) in [6.07, 6.45) is 2.57. The van der Waals surface area contributed by atoms with Crippen LogP contribution < -0.4 is 5.32 Å². The maximum absolute atomic E-state index is 12.1. The van der Waals surface area contributed by atoms with Crippen LogP contribution in [0.5, 0.6) is 0 Å². The van der Waals surface area contributed by atoms with Crippen molar-refractivity contribution in [3.05, 3.63) is 35.9 Å². The van der Waals surface area contributed by atoms with Gasteiger partial charge in [-0.1, -0.05) is 91.1 Å². The first-order chi connectivity index (χ1) is 18.3. The molecule has 2 N–H and O–H groups in total. The second kappa shape index (κ2) is 15.2. The average molecular weight is 566 g/mol. The number of hydrogen-bond acceptors (Lipinski definition) is 6. The van der Waals surface area contributed by atoms with E-state index in [9.17, 15) is 14.7 Å². The number of unbranched alkanes of at least 4 members (excludes halogenated alkanes) is 2. The van der Waals surface area contributed by atoms with Crippen LogP contribution in [0.2, 0.25) is 16.6 Å². The maximum Gasteiger partial charge on any atom is 0.408 e. The van der Waals surface area contributed by atoms with E-state index in [2.05, 4.69) is 46.9 Å². The Morgan fingerprint density at radius 1 is 0.949 bits per heavy atom. The van der Waals surface area contributed by atoms with E-state index in [1.807, 2.05) is 44.2 Å². The van der Waals surface area contributed by atoms with E-state index in [1.54, 1.807) is 0 Å². The van der Waals surface area contributed by atoms with Crippen molar-refractivity contribution in [3.8, 4) is 0 Å². The average Bonchev–Trinajstić information content (AvgIpc) is 3.15. The monoisotopic (exact) mass is 565 g/mol. The van der Waals surface area contributed by atoms with Crippen LogP contribution in [-0.4, -0.2) is 56.1 Å². The minimum absolute atomic E-state index is 0.0699. The summed E-state index contributed by atoms with van der Waals surface area (Å²) < 4.78 is 24.5. The van der Waals surface area contributed by atoms with Crippen molar-refractivity contribution in [2.24, 2.45) is 0 Å². The Morgan fingerprint density at radius 2 is 1.54 bits per heavy atom. The molecule has 1 saturated heterocycles. The normalized spacial score (nSPS) is 20.0. The molecule has 222 valence electrons. The van der Waals surface area contributed by atoms with E-state index in [0.717, 1.165) is 24.8 Å². The van der Waals surface area contributed by atoms with Gasteiger partial charge in [-0.25, -0.2) is 9.59 Å². The number of nitrogens with one attached hydrogen (secondary N) is 1. The number of ether oxygens (including phenoxy) is 3. The largest absolute Gasteiger partial charge is 0.480 e. The molecule has 2 rings (SSSR count). The van der Waals surface area contributed by atoms with Gasteiger partial charge in [0, 0.05) is 0 Å². The van der Waals surface area contributed by atoms with E-state index in [4.69, 9.17) is 18.6 Å². The fourth-order valence-electron chi connectivity index (χ4n) is 6.06. The lowest BCUT2D eigenvalue weighted by atomic mass is 10.0. The molecule has 39 heavy (non-hydrogen) atoms. The second-order valence-electron chi connectivity index (χ2n) is 12.1. The van der Waals surface area contributed by atoms with E-state index in [1.165, 1.54) is 0 Å². The van der Waals surface area contributed by atoms with Crippen LogP contribution in [0.4, 0.5) is 4.79 Å². The zero-order valence-electron chi connectivity index (χ0n) is 25.2. The standard InChI is InChI=1S/C30H51NO7Si/c1-21(2)39(22(3)4,23(5)6)36-20-27-26(37-30(7,8)38-27)18-14-10-13-17-25(28(32)33)31-29(34)35-19-24-15-11-9-12-16-24/h9,11-12,15-16,21-23,25-27H,10,13-14,17-20H2,1-8H3,(H,31,34)(H,32,33)/t25-,26-,27-/m0/s1. The predicted octanol–water partition coefficient (Wildman–Crippen LogP) is 7.03. The van der Waals surface area contributed by atoms with Crippen LogP contribution in [0.15, 0.2) is 30.3 Å². The first-order valence-corrected chi connectivity index (χ1v) is 16.6. The predicted molar refractivity (Wildman–Crippen MR) is 155 cm³/mol. The van der Waals surface area contributed by atoms with E-state index in [-0.39, 0.29) is 18.8 Å². The highest BCUT2D eigenvalue weighted by Gasteiger charge is 2.48. The molecule has 1 heterocycles. The third-order valence-electron chi connectivity index (χ3n) is 7.77. The van der Waals surface area contributed by atoms with Gasteiger partial charge < -0.3 is 29.1 Å². The molecular weight excluding hydrogens is 514 g/mol. The first-order valence-electron chi connectivity index (χ1n) is 14.5. The molecule has 0 saturated carbocycles. The lowest BCUT2D eigenvalue weighted by molar-refractivity contribution is -0.149. The smallest absolute Gasteiger partial charge is 0.408 e. The summed E-state index contributed by atoms with van der Waals surface area (Å²) in [6.45, 7) is 18.2. The molecule has 8 nitrogen and oxygen atoms in total. The van der Waals surface area contributed by atoms with Crippen molar-refractivity contribution in [1.82, 2.24) is 5.32 Å². The maximum atomic E-state index is 12.1. The summed E-state index contributed by atoms with van der Waals surface area (Å²) in [7, 11) is -2.01. The Kier molecular flexibility index (Phi) is 12.9. The van der Waals surface area contributed by atoms with Crippen LogP contribution in [0.3, 0.4) is 0 Å². The molecule has 0 unspecified atom stereocenters. The number of carboxylic acids is 1. The number of benzene rings is 1. The quantitative estimate of drug-likeness (QED) is 0.164. The van der Waals surface area contributed by atoms with Gasteiger partial charge in [-0.05, 0) is 48.9 Å². The van der Waals surface area contributed by atoms with Crippen molar-refractivity contribution in [1.29, 1.82) is 0 Å². The molecule has 1 aromatic carbocycles. The van der Waals surface area contributed by atoms with Gasteiger partial charge >= 0.3 is 12.1 Å². The van der Waals surface area contributed by atoms with Gasteiger partial charge in [0.05, 0.1) is 12.7 Å². The number of hydrogen-bond donors (Lipinski definition) is 2. The topological polar surface area (TPSA) is 103 Å². The molecule has 0 radical (unpaired) electrons. The number of aliphatic carboxylic acids is 1. The number of carbonyl (C=O) groups is 2. The Morgan fingerprint density at radius 3 is 2.10 bits per heavy atom. The summed E-state index contributed by atoms with van der Waals surface area (Å²) in [5.74, 6) is -1.72. The minimum Gasteiger partial charge on any atom is -0.480 e. The lowest BCUT2D eigenvalue weighted by Crippen LogP contribution is -2.49. The van der Waals surface area contributed by atoms with Crippen LogP contribution in [-0.2, 0) is 30.0 Å². The molecule has 1 fully saturated rings. The Labute approximate surface area is 236 Å². The molecule has 1 amide bonds. The zero-order valence-corrected chi connectivity index (χ0v) is 26.2. The summed E-state index contributed by atoms with van der Waals surface area (Å²) in [6, 6.07) is 8.29. The highest BCUT2D eigenvalue weighted by Crippen LogP contribution is 2.43. The van der Waals surface area contributed by atoms with Gasteiger partial charge in [-0.3, -0.25) is 0 Å². The van der Waals surface area contributed by atoms with Crippen molar-refractivity contribution in [3.63, 3.8) is 0 Å². The van der Waals surface area contributed by atoms with Gasteiger partial charge in [-0.2, -0.15) is 0 Å². The third kappa shape index (κ3) is 9.88. The van der Waals surface area contributed by atoms with Gasteiger partial charge in [-0.15, -0.1) is 0 Å². The third-order valence-corrected chi connectivity index (χ3v) is 13.9.